The molecule has 2 aromatic rings. The molecule has 2 fully saturated rings. The minimum absolute atomic E-state index is 0.0654. The number of carbonyl (C=O) groups is 1. The van der Waals surface area contributed by atoms with Crippen LogP contribution in [0.4, 0.5) is 5.95 Å². The lowest BCUT2D eigenvalue weighted by Gasteiger charge is -2.38. The molecule has 0 saturated carbocycles. The molecule has 1 N–H and O–H groups in total. The van der Waals surface area contributed by atoms with Crippen LogP contribution in [0.2, 0.25) is 0 Å². The van der Waals surface area contributed by atoms with Crippen LogP contribution in [0.5, 0.6) is 0 Å². The van der Waals surface area contributed by atoms with Gasteiger partial charge >= 0.3 is 0 Å². The number of rotatable bonds is 3. The molecule has 2 atom stereocenters. The standard InChI is InChI=1S/C17H20N6O2/c24-15(14-2-7-18-12-21-14)23-8-4-17(11-23)10-13(3-9-25-17)22-16-19-5-1-6-20-16/h1-2,5-7,12-13H,3-4,8-11H2,(H,19,20,22)/t13-,17+/m0/s1. The summed E-state index contributed by atoms with van der Waals surface area (Å²) >= 11 is 0. The van der Waals surface area contributed by atoms with Crippen molar-refractivity contribution in [3.05, 3.63) is 42.7 Å². The van der Waals surface area contributed by atoms with E-state index in [0.717, 1.165) is 19.3 Å². The van der Waals surface area contributed by atoms with Gasteiger partial charge in [-0.3, -0.25) is 4.79 Å². The summed E-state index contributed by atoms with van der Waals surface area (Å²) in [6, 6.07) is 3.68. The molecule has 130 valence electrons. The average molecular weight is 340 g/mol. The van der Waals surface area contributed by atoms with Gasteiger partial charge in [-0.05, 0) is 31.4 Å². The molecule has 8 nitrogen and oxygen atoms in total. The number of amides is 1. The lowest BCUT2D eigenvalue weighted by molar-refractivity contribution is -0.0721. The normalized spacial score (nSPS) is 25.9. The maximum Gasteiger partial charge on any atom is 0.272 e. The summed E-state index contributed by atoms with van der Waals surface area (Å²) in [7, 11) is 0. The highest BCUT2D eigenvalue weighted by Gasteiger charge is 2.45. The van der Waals surface area contributed by atoms with Crippen LogP contribution in [0.25, 0.3) is 0 Å². The first-order valence-corrected chi connectivity index (χ1v) is 8.47. The summed E-state index contributed by atoms with van der Waals surface area (Å²) in [6.07, 6.45) is 9.00. The van der Waals surface area contributed by atoms with Gasteiger partial charge in [-0.2, -0.15) is 0 Å². The Morgan fingerprint density at radius 3 is 2.96 bits per heavy atom. The van der Waals surface area contributed by atoms with E-state index in [4.69, 9.17) is 4.74 Å². The van der Waals surface area contributed by atoms with Gasteiger partial charge in [0.15, 0.2) is 0 Å². The van der Waals surface area contributed by atoms with E-state index in [9.17, 15) is 4.79 Å². The number of ether oxygens (including phenoxy) is 1. The van der Waals surface area contributed by atoms with Gasteiger partial charge < -0.3 is 15.0 Å². The van der Waals surface area contributed by atoms with Crippen LogP contribution in [0.3, 0.4) is 0 Å². The average Bonchev–Trinajstić information content (AvgIpc) is 3.06. The number of aromatic nitrogens is 4. The molecule has 2 aromatic heterocycles. The van der Waals surface area contributed by atoms with Gasteiger partial charge in [-0.15, -0.1) is 0 Å². The van der Waals surface area contributed by atoms with Crippen molar-refractivity contribution in [2.24, 2.45) is 0 Å². The molecule has 2 aliphatic heterocycles. The van der Waals surface area contributed by atoms with E-state index in [2.05, 4.69) is 25.3 Å². The Morgan fingerprint density at radius 2 is 2.16 bits per heavy atom. The Kier molecular flexibility index (Phi) is 4.27. The molecule has 2 saturated heterocycles. The quantitative estimate of drug-likeness (QED) is 0.895. The van der Waals surface area contributed by atoms with Gasteiger partial charge in [0, 0.05) is 37.8 Å². The van der Waals surface area contributed by atoms with Crippen LogP contribution in [-0.4, -0.2) is 62.1 Å². The predicted octanol–water partition coefficient (Wildman–Crippen LogP) is 1.14. The third-order valence-electron chi connectivity index (χ3n) is 4.80. The highest BCUT2D eigenvalue weighted by Crippen LogP contribution is 2.35. The summed E-state index contributed by atoms with van der Waals surface area (Å²) in [4.78, 5) is 30.8. The fourth-order valence-corrected chi connectivity index (χ4v) is 3.59. The molecule has 2 aliphatic rings. The van der Waals surface area contributed by atoms with Crippen LogP contribution in [-0.2, 0) is 4.74 Å². The zero-order valence-corrected chi connectivity index (χ0v) is 13.8. The second-order valence-electron chi connectivity index (χ2n) is 6.51. The van der Waals surface area contributed by atoms with E-state index in [1.165, 1.54) is 6.33 Å². The van der Waals surface area contributed by atoms with E-state index in [-0.39, 0.29) is 17.6 Å². The number of nitrogens with one attached hydrogen (secondary N) is 1. The number of likely N-dealkylation sites (tertiary alicyclic amines) is 1. The van der Waals surface area contributed by atoms with Crippen LogP contribution in [0, 0.1) is 0 Å². The summed E-state index contributed by atoms with van der Waals surface area (Å²) in [5.41, 5.74) is 0.128. The van der Waals surface area contributed by atoms with Crippen molar-refractivity contribution in [3.63, 3.8) is 0 Å². The summed E-state index contributed by atoms with van der Waals surface area (Å²) in [5.74, 6) is 0.570. The molecule has 4 heterocycles. The van der Waals surface area contributed by atoms with Crippen molar-refractivity contribution in [1.29, 1.82) is 0 Å². The van der Waals surface area contributed by atoms with Crippen LogP contribution in [0.15, 0.2) is 37.1 Å². The van der Waals surface area contributed by atoms with E-state index < -0.39 is 0 Å². The number of carbonyl (C=O) groups excluding carboxylic acids is 1. The van der Waals surface area contributed by atoms with Crippen LogP contribution < -0.4 is 5.32 Å². The Hall–Kier alpha value is -2.61. The number of nitrogens with zero attached hydrogens (tertiary/aromatic N) is 5. The smallest absolute Gasteiger partial charge is 0.272 e. The number of hydrogen-bond acceptors (Lipinski definition) is 7. The predicted molar refractivity (Wildman–Crippen MR) is 89.9 cm³/mol. The molecule has 25 heavy (non-hydrogen) atoms. The monoisotopic (exact) mass is 340 g/mol. The number of anilines is 1. The third-order valence-corrected chi connectivity index (χ3v) is 4.80. The second kappa shape index (κ2) is 6.72. The first-order valence-electron chi connectivity index (χ1n) is 8.47. The SMILES string of the molecule is O=C(c1ccncn1)N1CC[C@@]2(C[C@@H](Nc3ncccn3)CCO2)C1. The van der Waals surface area contributed by atoms with Crippen molar-refractivity contribution in [1.82, 2.24) is 24.8 Å². The van der Waals surface area contributed by atoms with E-state index >= 15 is 0 Å². The van der Waals surface area contributed by atoms with Crippen molar-refractivity contribution in [2.45, 2.75) is 30.9 Å². The van der Waals surface area contributed by atoms with E-state index in [0.29, 0.717) is 31.3 Å². The topological polar surface area (TPSA) is 93.1 Å². The maximum absolute atomic E-state index is 12.6. The molecule has 0 unspecified atom stereocenters. The summed E-state index contributed by atoms with van der Waals surface area (Å²) in [5, 5.41) is 3.38. The van der Waals surface area contributed by atoms with Gasteiger partial charge in [0.05, 0.1) is 12.1 Å². The van der Waals surface area contributed by atoms with Gasteiger partial charge in [0.25, 0.3) is 5.91 Å². The third kappa shape index (κ3) is 3.43. The molecule has 8 heteroatoms. The fraction of sp³-hybridized carbons (Fsp3) is 0.471. The minimum Gasteiger partial charge on any atom is -0.373 e. The Balaban J connectivity index is 1.41. The first-order chi connectivity index (χ1) is 12.2. The number of hydrogen-bond donors (Lipinski definition) is 1. The van der Waals surface area contributed by atoms with Crippen LogP contribution in [0.1, 0.15) is 29.8 Å². The molecule has 1 amide bonds. The van der Waals surface area contributed by atoms with Crippen LogP contribution >= 0.6 is 0 Å². The van der Waals surface area contributed by atoms with Crippen molar-refractivity contribution < 1.29 is 9.53 Å². The van der Waals surface area contributed by atoms with Gasteiger partial charge in [0.1, 0.15) is 12.0 Å². The Bertz CT molecular complexity index is 728. The molecule has 4 rings (SSSR count). The van der Waals surface area contributed by atoms with Gasteiger partial charge in [-0.25, -0.2) is 19.9 Å². The Labute approximate surface area is 145 Å². The molecule has 0 aliphatic carbocycles. The Morgan fingerprint density at radius 1 is 1.28 bits per heavy atom. The van der Waals surface area contributed by atoms with Crippen molar-refractivity contribution in [2.75, 3.05) is 25.0 Å². The summed E-state index contributed by atoms with van der Waals surface area (Å²) in [6.45, 7) is 1.93. The largest absolute Gasteiger partial charge is 0.373 e. The molecule has 0 aromatic carbocycles. The zero-order chi connectivity index (χ0) is 17.1. The highest BCUT2D eigenvalue weighted by atomic mass is 16.5. The molecule has 1 spiro atoms. The molecule has 0 bridgehead atoms. The van der Waals surface area contributed by atoms with Gasteiger partial charge in [-0.1, -0.05) is 0 Å². The lowest BCUT2D eigenvalue weighted by atomic mass is 9.89. The molecule has 0 radical (unpaired) electrons. The summed E-state index contributed by atoms with van der Waals surface area (Å²) < 4.78 is 6.10. The highest BCUT2D eigenvalue weighted by molar-refractivity contribution is 5.92. The minimum atomic E-state index is -0.298. The zero-order valence-electron chi connectivity index (χ0n) is 13.8. The molecular formula is C17H20N6O2. The van der Waals surface area contributed by atoms with Crippen molar-refractivity contribution in [3.8, 4) is 0 Å². The van der Waals surface area contributed by atoms with E-state index in [1.807, 2.05) is 4.90 Å². The molecular weight excluding hydrogens is 320 g/mol. The van der Waals surface area contributed by atoms with E-state index in [1.54, 1.807) is 30.7 Å². The van der Waals surface area contributed by atoms with Gasteiger partial charge in [0.2, 0.25) is 5.95 Å². The lowest BCUT2D eigenvalue weighted by Crippen LogP contribution is -2.47. The first kappa shape index (κ1) is 15.9. The maximum atomic E-state index is 12.6. The van der Waals surface area contributed by atoms with Crippen molar-refractivity contribution >= 4 is 11.9 Å². The second-order valence-corrected chi connectivity index (χ2v) is 6.51. The fourth-order valence-electron chi connectivity index (χ4n) is 3.59.